The SMILES string of the molecule is C[C@@H](Cl)C(=O)N1c2ccc(Cl)cc2[C@@H](C)CC1(C)C. The zero-order valence-corrected chi connectivity index (χ0v) is 13.2. The van der Waals surface area contributed by atoms with E-state index in [-0.39, 0.29) is 11.4 Å². The standard InChI is InChI=1S/C15H19Cl2NO/c1-9-8-15(3,4)18(14(19)10(2)16)13-6-5-11(17)7-12(9)13/h5-7,9-10H,8H2,1-4H3/t9-,10+/m0/s1. The molecular formula is C15H19Cl2NO. The molecule has 0 saturated heterocycles. The van der Waals surface area contributed by atoms with E-state index in [0.29, 0.717) is 10.9 Å². The summed E-state index contributed by atoms with van der Waals surface area (Å²) < 4.78 is 0. The first-order valence-electron chi connectivity index (χ1n) is 6.51. The van der Waals surface area contributed by atoms with E-state index < -0.39 is 5.38 Å². The third-order valence-corrected chi connectivity index (χ3v) is 4.15. The highest BCUT2D eigenvalue weighted by molar-refractivity contribution is 6.33. The smallest absolute Gasteiger partial charge is 0.245 e. The Kier molecular flexibility index (Phi) is 3.85. The summed E-state index contributed by atoms with van der Waals surface area (Å²) in [6, 6.07) is 5.70. The Morgan fingerprint density at radius 3 is 2.68 bits per heavy atom. The summed E-state index contributed by atoms with van der Waals surface area (Å²) in [6.07, 6.45) is 0.899. The fourth-order valence-electron chi connectivity index (χ4n) is 3.00. The number of fused-ring (bicyclic) bond motifs is 1. The molecule has 0 radical (unpaired) electrons. The molecule has 0 N–H and O–H groups in total. The molecule has 0 aromatic heterocycles. The molecule has 0 unspecified atom stereocenters. The number of halogens is 2. The molecule has 2 nitrogen and oxygen atoms in total. The third-order valence-electron chi connectivity index (χ3n) is 3.73. The molecular weight excluding hydrogens is 281 g/mol. The second kappa shape index (κ2) is 4.99. The first kappa shape index (κ1) is 14.7. The summed E-state index contributed by atoms with van der Waals surface area (Å²) in [4.78, 5) is 14.3. The molecule has 1 heterocycles. The molecule has 0 fully saturated rings. The molecule has 4 heteroatoms. The van der Waals surface area contributed by atoms with E-state index in [1.165, 1.54) is 0 Å². The summed E-state index contributed by atoms with van der Waals surface area (Å²) >= 11 is 12.1. The van der Waals surface area contributed by atoms with Gasteiger partial charge in [-0.05, 0) is 56.9 Å². The zero-order valence-electron chi connectivity index (χ0n) is 11.7. The molecule has 2 atom stereocenters. The van der Waals surface area contributed by atoms with Crippen LogP contribution in [0.1, 0.15) is 45.6 Å². The van der Waals surface area contributed by atoms with Gasteiger partial charge >= 0.3 is 0 Å². The zero-order chi connectivity index (χ0) is 14.4. The number of nitrogens with zero attached hydrogens (tertiary/aromatic N) is 1. The summed E-state index contributed by atoms with van der Waals surface area (Å²) in [5.74, 6) is 0.320. The first-order chi connectivity index (χ1) is 8.74. The van der Waals surface area contributed by atoms with Gasteiger partial charge in [-0.3, -0.25) is 4.79 Å². The van der Waals surface area contributed by atoms with Crippen LogP contribution in [0.2, 0.25) is 5.02 Å². The van der Waals surface area contributed by atoms with Crippen molar-refractivity contribution in [2.45, 2.75) is 50.9 Å². The van der Waals surface area contributed by atoms with Crippen molar-refractivity contribution in [3.8, 4) is 0 Å². The van der Waals surface area contributed by atoms with Crippen LogP contribution in [0, 0.1) is 0 Å². The molecule has 1 aromatic rings. The first-order valence-corrected chi connectivity index (χ1v) is 7.33. The van der Waals surface area contributed by atoms with Crippen molar-refractivity contribution < 1.29 is 4.79 Å². The van der Waals surface area contributed by atoms with Gasteiger partial charge in [0.05, 0.1) is 0 Å². The Morgan fingerprint density at radius 1 is 1.47 bits per heavy atom. The highest BCUT2D eigenvalue weighted by atomic mass is 35.5. The average molecular weight is 300 g/mol. The molecule has 1 amide bonds. The highest BCUT2D eigenvalue weighted by Gasteiger charge is 2.40. The Bertz CT molecular complexity index is 511. The summed E-state index contributed by atoms with van der Waals surface area (Å²) in [7, 11) is 0. The normalized spacial score (nSPS) is 22.8. The maximum Gasteiger partial charge on any atom is 0.245 e. The predicted octanol–water partition coefficient (Wildman–Crippen LogP) is 4.59. The summed E-state index contributed by atoms with van der Waals surface area (Å²) in [5, 5.41) is 0.174. The molecule has 0 spiro atoms. The fraction of sp³-hybridized carbons (Fsp3) is 0.533. The second-order valence-corrected chi connectivity index (χ2v) is 7.00. The Morgan fingerprint density at radius 2 is 2.11 bits per heavy atom. The van der Waals surface area contributed by atoms with Crippen molar-refractivity contribution in [3.05, 3.63) is 28.8 Å². The van der Waals surface area contributed by atoms with Gasteiger partial charge in [-0.2, -0.15) is 0 Å². The number of carbonyl (C=O) groups is 1. The van der Waals surface area contributed by atoms with Gasteiger partial charge in [0, 0.05) is 16.2 Å². The molecule has 0 saturated carbocycles. The van der Waals surface area contributed by atoms with E-state index in [1.54, 1.807) is 6.92 Å². The Hall–Kier alpha value is -0.730. The molecule has 19 heavy (non-hydrogen) atoms. The lowest BCUT2D eigenvalue weighted by Gasteiger charge is -2.46. The minimum Gasteiger partial charge on any atom is -0.305 e. The van der Waals surface area contributed by atoms with Crippen LogP contribution >= 0.6 is 23.2 Å². The van der Waals surface area contributed by atoms with Crippen LogP contribution in [0.25, 0.3) is 0 Å². The van der Waals surface area contributed by atoms with Crippen LogP contribution in [0.5, 0.6) is 0 Å². The number of alkyl halides is 1. The van der Waals surface area contributed by atoms with Crippen molar-refractivity contribution in [1.29, 1.82) is 0 Å². The minimum atomic E-state index is -0.531. The quantitative estimate of drug-likeness (QED) is 0.695. The van der Waals surface area contributed by atoms with Crippen molar-refractivity contribution in [2.75, 3.05) is 4.90 Å². The van der Waals surface area contributed by atoms with Gasteiger partial charge < -0.3 is 4.90 Å². The highest BCUT2D eigenvalue weighted by Crippen LogP contribution is 2.44. The van der Waals surface area contributed by atoms with Crippen LogP contribution in [-0.4, -0.2) is 16.8 Å². The van der Waals surface area contributed by atoms with Crippen LogP contribution in [0.4, 0.5) is 5.69 Å². The average Bonchev–Trinajstić information content (AvgIpc) is 2.28. The van der Waals surface area contributed by atoms with E-state index in [0.717, 1.165) is 17.7 Å². The van der Waals surface area contributed by atoms with Crippen LogP contribution in [0.15, 0.2) is 18.2 Å². The largest absolute Gasteiger partial charge is 0.305 e. The summed E-state index contributed by atoms with van der Waals surface area (Å²) in [5.41, 5.74) is 1.82. The van der Waals surface area contributed by atoms with Crippen LogP contribution in [0.3, 0.4) is 0 Å². The number of anilines is 1. The number of amides is 1. The van der Waals surface area contributed by atoms with Gasteiger partial charge in [-0.15, -0.1) is 11.6 Å². The van der Waals surface area contributed by atoms with Crippen molar-refractivity contribution in [1.82, 2.24) is 0 Å². The topological polar surface area (TPSA) is 20.3 Å². The molecule has 1 aliphatic rings. The molecule has 2 rings (SSSR count). The van der Waals surface area contributed by atoms with Crippen LogP contribution in [-0.2, 0) is 4.79 Å². The maximum atomic E-state index is 12.4. The molecule has 1 aliphatic heterocycles. The van der Waals surface area contributed by atoms with Crippen molar-refractivity contribution in [3.63, 3.8) is 0 Å². The van der Waals surface area contributed by atoms with E-state index >= 15 is 0 Å². The fourth-order valence-corrected chi connectivity index (χ4v) is 3.27. The van der Waals surface area contributed by atoms with E-state index in [4.69, 9.17) is 23.2 Å². The van der Waals surface area contributed by atoms with Gasteiger partial charge in [-0.1, -0.05) is 18.5 Å². The molecule has 104 valence electrons. The van der Waals surface area contributed by atoms with Gasteiger partial charge in [0.2, 0.25) is 5.91 Å². The lowest BCUT2D eigenvalue weighted by Crippen LogP contribution is -2.53. The number of hydrogen-bond donors (Lipinski definition) is 0. The lowest BCUT2D eigenvalue weighted by atomic mass is 9.80. The van der Waals surface area contributed by atoms with Gasteiger partial charge in [0.15, 0.2) is 0 Å². The van der Waals surface area contributed by atoms with E-state index in [1.807, 2.05) is 23.1 Å². The monoisotopic (exact) mass is 299 g/mol. The van der Waals surface area contributed by atoms with Crippen molar-refractivity contribution in [2.24, 2.45) is 0 Å². The third kappa shape index (κ3) is 2.61. The Balaban J connectivity index is 2.58. The van der Waals surface area contributed by atoms with Gasteiger partial charge in [0.1, 0.15) is 5.38 Å². The number of rotatable bonds is 1. The van der Waals surface area contributed by atoms with Crippen LogP contribution < -0.4 is 4.90 Å². The molecule has 0 aliphatic carbocycles. The number of hydrogen-bond acceptors (Lipinski definition) is 1. The van der Waals surface area contributed by atoms with E-state index in [2.05, 4.69) is 20.8 Å². The molecule has 0 bridgehead atoms. The predicted molar refractivity (Wildman–Crippen MR) is 81.4 cm³/mol. The minimum absolute atomic E-state index is 0.0536. The van der Waals surface area contributed by atoms with Crippen molar-refractivity contribution >= 4 is 34.8 Å². The lowest BCUT2D eigenvalue weighted by molar-refractivity contribution is -0.119. The maximum absolute atomic E-state index is 12.4. The number of benzene rings is 1. The van der Waals surface area contributed by atoms with Gasteiger partial charge in [0.25, 0.3) is 0 Å². The van der Waals surface area contributed by atoms with Gasteiger partial charge in [-0.25, -0.2) is 0 Å². The molecule has 1 aromatic carbocycles. The Labute approximate surface area is 124 Å². The summed E-state index contributed by atoms with van der Waals surface area (Å²) in [6.45, 7) is 8.05. The number of carbonyl (C=O) groups excluding carboxylic acids is 1. The second-order valence-electron chi connectivity index (χ2n) is 5.91. The van der Waals surface area contributed by atoms with E-state index in [9.17, 15) is 4.79 Å².